The van der Waals surface area contributed by atoms with Crippen molar-refractivity contribution in [2.75, 3.05) is 51.2 Å². The molecule has 1 aromatic rings. The molecule has 30 heavy (non-hydrogen) atoms. The van der Waals surface area contributed by atoms with Gasteiger partial charge in [-0.25, -0.2) is 9.98 Å². The van der Waals surface area contributed by atoms with Gasteiger partial charge in [0.25, 0.3) is 0 Å². The third-order valence-electron chi connectivity index (χ3n) is 6.29. The van der Waals surface area contributed by atoms with Gasteiger partial charge in [-0.15, -0.1) is 24.0 Å². The molecular formula is C23H41IN6. The largest absolute Gasteiger partial charge is 0.357 e. The smallest absolute Gasteiger partial charge is 0.191 e. The lowest BCUT2D eigenvalue weighted by atomic mass is 9.64. The van der Waals surface area contributed by atoms with E-state index >= 15 is 0 Å². The first-order chi connectivity index (χ1) is 14.0. The molecule has 1 aliphatic heterocycles. The highest BCUT2D eigenvalue weighted by molar-refractivity contribution is 14.0. The highest BCUT2D eigenvalue weighted by Crippen LogP contribution is 2.45. The standard InChI is InChI=1S/C23H40N6.HI/c1-5-24-22(27-18-23(9-6-10-23)15-19(2)3)26-17-20-7-8-21(25-16-20)29-13-11-28(4)12-14-29;/h7-8,16,19H,5-6,9-15,17-18H2,1-4H3,(H2,24,26,27);1H. The molecule has 2 N–H and O–H groups in total. The van der Waals surface area contributed by atoms with Gasteiger partial charge in [-0.3, -0.25) is 0 Å². The Morgan fingerprint density at radius 3 is 2.43 bits per heavy atom. The monoisotopic (exact) mass is 528 g/mol. The fraction of sp³-hybridized carbons (Fsp3) is 0.739. The number of anilines is 1. The molecule has 0 radical (unpaired) electrons. The van der Waals surface area contributed by atoms with E-state index in [0.29, 0.717) is 12.0 Å². The highest BCUT2D eigenvalue weighted by atomic mass is 127. The molecule has 1 aliphatic carbocycles. The summed E-state index contributed by atoms with van der Waals surface area (Å²) < 4.78 is 0. The van der Waals surface area contributed by atoms with E-state index in [2.05, 4.69) is 65.4 Å². The Morgan fingerprint density at radius 1 is 1.17 bits per heavy atom. The molecule has 0 amide bonds. The third-order valence-corrected chi connectivity index (χ3v) is 6.29. The van der Waals surface area contributed by atoms with Gasteiger partial charge < -0.3 is 20.4 Å². The van der Waals surface area contributed by atoms with E-state index in [1.807, 2.05) is 6.20 Å². The molecule has 2 aliphatic rings. The predicted molar refractivity (Wildman–Crippen MR) is 138 cm³/mol. The summed E-state index contributed by atoms with van der Waals surface area (Å²) >= 11 is 0. The maximum absolute atomic E-state index is 4.81. The molecule has 1 saturated carbocycles. The van der Waals surface area contributed by atoms with Crippen molar-refractivity contribution < 1.29 is 0 Å². The molecule has 2 fully saturated rings. The predicted octanol–water partition coefficient (Wildman–Crippen LogP) is 3.72. The van der Waals surface area contributed by atoms with Crippen LogP contribution in [0.2, 0.25) is 0 Å². The summed E-state index contributed by atoms with van der Waals surface area (Å²) in [7, 11) is 2.18. The van der Waals surface area contributed by atoms with E-state index in [1.165, 1.54) is 25.7 Å². The fourth-order valence-corrected chi connectivity index (χ4v) is 4.51. The first kappa shape index (κ1) is 25.2. The molecule has 0 atom stereocenters. The quantitative estimate of drug-likeness (QED) is 0.306. The van der Waals surface area contributed by atoms with E-state index in [1.54, 1.807) is 0 Å². The maximum atomic E-state index is 4.81. The highest BCUT2D eigenvalue weighted by Gasteiger charge is 2.37. The van der Waals surface area contributed by atoms with Crippen LogP contribution >= 0.6 is 24.0 Å². The maximum Gasteiger partial charge on any atom is 0.191 e. The van der Waals surface area contributed by atoms with Crippen LogP contribution in [0.15, 0.2) is 23.3 Å². The van der Waals surface area contributed by atoms with Crippen LogP contribution in [-0.4, -0.2) is 62.2 Å². The number of rotatable bonds is 8. The molecule has 3 rings (SSSR count). The fourth-order valence-electron chi connectivity index (χ4n) is 4.51. The van der Waals surface area contributed by atoms with Crippen molar-refractivity contribution in [3.05, 3.63) is 23.9 Å². The van der Waals surface area contributed by atoms with Crippen molar-refractivity contribution in [3.8, 4) is 0 Å². The van der Waals surface area contributed by atoms with Crippen molar-refractivity contribution in [2.24, 2.45) is 16.3 Å². The molecule has 2 heterocycles. The number of hydrogen-bond donors (Lipinski definition) is 2. The second-order valence-electron chi connectivity index (χ2n) is 9.32. The summed E-state index contributed by atoms with van der Waals surface area (Å²) in [4.78, 5) is 14.2. The minimum Gasteiger partial charge on any atom is -0.357 e. The molecule has 1 saturated heterocycles. The Balaban J connectivity index is 0.00000320. The SMILES string of the molecule is CCNC(=NCc1ccc(N2CCN(C)CC2)nc1)NCC1(CC(C)C)CCC1.I. The zero-order valence-corrected chi connectivity index (χ0v) is 21.6. The molecule has 0 spiro atoms. The topological polar surface area (TPSA) is 55.8 Å². The van der Waals surface area contributed by atoms with E-state index in [9.17, 15) is 0 Å². The van der Waals surface area contributed by atoms with Gasteiger partial charge in [-0.1, -0.05) is 26.3 Å². The molecule has 0 bridgehead atoms. The van der Waals surface area contributed by atoms with E-state index in [-0.39, 0.29) is 24.0 Å². The lowest BCUT2D eigenvalue weighted by molar-refractivity contribution is 0.104. The summed E-state index contributed by atoms with van der Waals surface area (Å²) in [5.74, 6) is 2.75. The zero-order chi connectivity index (χ0) is 20.7. The zero-order valence-electron chi connectivity index (χ0n) is 19.3. The number of pyridine rings is 1. The van der Waals surface area contributed by atoms with Gasteiger partial charge >= 0.3 is 0 Å². The van der Waals surface area contributed by atoms with Crippen LogP contribution in [0.25, 0.3) is 0 Å². The Kier molecular flexibility index (Phi) is 10.1. The Morgan fingerprint density at radius 2 is 1.90 bits per heavy atom. The van der Waals surface area contributed by atoms with Gasteiger partial charge in [0.2, 0.25) is 0 Å². The number of nitrogens with one attached hydrogen (secondary N) is 2. The summed E-state index contributed by atoms with van der Waals surface area (Å²) in [6.07, 6.45) is 7.34. The third kappa shape index (κ3) is 7.25. The first-order valence-corrected chi connectivity index (χ1v) is 11.4. The molecule has 170 valence electrons. The Labute approximate surface area is 200 Å². The average Bonchev–Trinajstić information content (AvgIpc) is 2.68. The molecule has 0 aromatic carbocycles. The summed E-state index contributed by atoms with van der Waals surface area (Å²) in [5.41, 5.74) is 1.62. The number of hydrogen-bond acceptors (Lipinski definition) is 4. The van der Waals surface area contributed by atoms with Crippen LogP contribution < -0.4 is 15.5 Å². The normalized spacial score (nSPS) is 19.2. The van der Waals surface area contributed by atoms with Crippen molar-refractivity contribution in [1.29, 1.82) is 0 Å². The van der Waals surface area contributed by atoms with Gasteiger partial charge in [0.1, 0.15) is 5.82 Å². The van der Waals surface area contributed by atoms with Crippen LogP contribution in [-0.2, 0) is 6.54 Å². The van der Waals surface area contributed by atoms with Crippen LogP contribution in [0.5, 0.6) is 0 Å². The number of halogens is 1. The number of guanidine groups is 1. The van der Waals surface area contributed by atoms with Crippen molar-refractivity contribution in [2.45, 2.75) is 53.0 Å². The van der Waals surface area contributed by atoms with Gasteiger partial charge in [-0.2, -0.15) is 0 Å². The number of piperazine rings is 1. The van der Waals surface area contributed by atoms with Crippen molar-refractivity contribution >= 4 is 35.8 Å². The number of aromatic nitrogens is 1. The van der Waals surface area contributed by atoms with Gasteiger partial charge in [0, 0.05) is 45.5 Å². The van der Waals surface area contributed by atoms with Gasteiger partial charge in [0.15, 0.2) is 5.96 Å². The second kappa shape index (κ2) is 12.1. The van der Waals surface area contributed by atoms with Gasteiger partial charge in [-0.05, 0) is 56.2 Å². The molecule has 7 heteroatoms. The summed E-state index contributed by atoms with van der Waals surface area (Å²) in [5, 5.41) is 7.01. The molecular weight excluding hydrogens is 487 g/mol. The van der Waals surface area contributed by atoms with Crippen molar-refractivity contribution in [1.82, 2.24) is 20.5 Å². The van der Waals surface area contributed by atoms with E-state index in [0.717, 1.165) is 62.5 Å². The second-order valence-corrected chi connectivity index (χ2v) is 9.32. The average molecular weight is 529 g/mol. The number of likely N-dealkylation sites (N-methyl/N-ethyl adjacent to an activating group) is 1. The van der Waals surface area contributed by atoms with Crippen LogP contribution in [0.3, 0.4) is 0 Å². The van der Waals surface area contributed by atoms with Crippen molar-refractivity contribution in [3.63, 3.8) is 0 Å². The number of aliphatic imine (C=N–C) groups is 1. The van der Waals surface area contributed by atoms with Crippen LogP contribution in [0.1, 0.15) is 52.0 Å². The summed E-state index contributed by atoms with van der Waals surface area (Å²) in [6.45, 7) is 13.6. The van der Waals surface area contributed by atoms with E-state index in [4.69, 9.17) is 4.99 Å². The number of nitrogens with zero attached hydrogens (tertiary/aromatic N) is 4. The molecule has 1 aromatic heterocycles. The summed E-state index contributed by atoms with van der Waals surface area (Å²) in [6, 6.07) is 4.31. The Hall–Kier alpha value is -1.09. The van der Waals surface area contributed by atoms with Crippen LogP contribution in [0, 0.1) is 11.3 Å². The van der Waals surface area contributed by atoms with Gasteiger partial charge in [0.05, 0.1) is 6.54 Å². The minimum atomic E-state index is 0. The Bertz CT molecular complexity index is 648. The minimum absolute atomic E-state index is 0. The van der Waals surface area contributed by atoms with E-state index < -0.39 is 0 Å². The lowest BCUT2D eigenvalue weighted by Crippen LogP contribution is -2.47. The molecule has 0 unspecified atom stereocenters. The first-order valence-electron chi connectivity index (χ1n) is 11.4. The van der Waals surface area contributed by atoms with Crippen LogP contribution in [0.4, 0.5) is 5.82 Å². The lowest BCUT2D eigenvalue weighted by Gasteiger charge is -2.43. The molecule has 6 nitrogen and oxygen atoms in total.